The second kappa shape index (κ2) is 6.23. The van der Waals surface area contributed by atoms with Crippen LogP contribution in [0.4, 0.5) is 0 Å². The average molecular weight is 219 g/mol. The summed E-state index contributed by atoms with van der Waals surface area (Å²) >= 11 is 1.96. The molecule has 3 N–H and O–H groups in total. The Bertz CT molecular complexity index is 185. The lowest BCUT2D eigenvalue weighted by Crippen LogP contribution is -2.34. The number of carbonyl (C=O) groups is 1. The lowest BCUT2D eigenvalue weighted by molar-refractivity contribution is -0.151. The molecule has 5 nitrogen and oxygen atoms in total. The van der Waals surface area contributed by atoms with Crippen molar-refractivity contribution in [3.63, 3.8) is 0 Å². The van der Waals surface area contributed by atoms with Crippen LogP contribution < -0.4 is 11.4 Å². The monoisotopic (exact) mass is 219 g/mol. The molecule has 6 heteroatoms. The first-order valence-corrected chi connectivity index (χ1v) is 5.82. The van der Waals surface area contributed by atoms with E-state index in [4.69, 9.17) is 5.84 Å². The van der Waals surface area contributed by atoms with Crippen molar-refractivity contribution in [1.82, 2.24) is 10.5 Å². The summed E-state index contributed by atoms with van der Waals surface area (Å²) in [6.45, 7) is 0.728. The van der Waals surface area contributed by atoms with Crippen molar-refractivity contribution in [3.05, 3.63) is 0 Å². The number of nitrogens with two attached hydrogens (primary N) is 1. The lowest BCUT2D eigenvalue weighted by Gasteiger charge is -2.22. The number of rotatable bonds is 5. The number of carbonyl (C=O) groups excluding carboxylic acids is 1. The molecule has 14 heavy (non-hydrogen) atoms. The molecule has 1 unspecified atom stereocenters. The Hall–Kier alpha value is -0.300. The summed E-state index contributed by atoms with van der Waals surface area (Å²) in [5.74, 6) is 6.93. The Balaban J connectivity index is 2.13. The highest BCUT2D eigenvalue weighted by Crippen LogP contribution is 2.21. The first kappa shape index (κ1) is 11.8. The van der Waals surface area contributed by atoms with Crippen molar-refractivity contribution in [1.29, 1.82) is 0 Å². The van der Waals surface area contributed by atoms with Crippen molar-refractivity contribution < 1.29 is 9.63 Å². The molecule has 1 saturated heterocycles. The second-order valence-electron chi connectivity index (χ2n) is 3.34. The third-order valence-corrected chi connectivity index (χ3v) is 3.52. The van der Waals surface area contributed by atoms with E-state index in [0.717, 1.165) is 6.54 Å². The van der Waals surface area contributed by atoms with Gasteiger partial charge in [0.15, 0.2) is 0 Å². The smallest absolute Gasteiger partial charge is 0.327 e. The first-order valence-electron chi connectivity index (χ1n) is 4.67. The van der Waals surface area contributed by atoms with Crippen LogP contribution in [-0.4, -0.2) is 42.0 Å². The van der Waals surface area contributed by atoms with Gasteiger partial charge in [0.05, 0.1) is 6.42 Å². The Morgan fingerprint density at radius 2 is 2.57 bits per heavy atom. The second-order valence-corrected chi connectivity index (χ2v) is 4.49. The van der Waals surface area contributed by atoms with Crippen LogP contribution in [0, 0.1) is 0 Å². The van der Waals surface area contributed by atoms with Crippen LogP contribution in [0.2, 0.25) is 0 Å². The minimum absolute atomic E-state index is 0.315. The Kier molecular flexibility index (Phi) is 5.24. The summed E-state index contributed by atoms with van der Waals surface area (Å²) in [6.07, 6.45) is 1.59. The summed E-state index contributed by atoms with van der Waals surface area (Å²) in [4.78, 5) is 17.6. The zero-order chi connectivity index (χ0) is 10.4. The minimum Gasteiger partial charge on any atom is -0.356 e. The molecule has 0 radical (unpaired) electrons. The molecule has 1 aliphatic heterocycles. The highest BCUT2D eigenvalue weighted by atomic mass is 32.2. The van der Waals surface area contributed by atoms with Gasteiger partial charge >= 0.3 is 5.97 Å². The van der Waals surface area contributed by atoms with E-state index in [-0.39, 0.29) is 5.97 Å². The van der Waals surface area contributed by atoms with Crippen molar-refractivity contribution in [2.45, 2.75) is 18.9 Å². The van der Waals surface area contributed by atoms with Crippen LogP contribution in [0.5, 0.6) is 0 Å². The molecule has 0 aliphatic carbocycles. The molecule has 0 aromatic rings. The van der Waals surface area contributed by atoms with Crippen LogP contribution in [0.15, 0.2) is 0 Å². The molecule has 1 fully saturated rings. The molecule has 1 heterocycles. The van der Waals surface area contributed by atoms with E-state index < -0.39 is 0 Å². The van der Waals surface area contributed by atoms with E-state index in [9.17, 15) is 4.79 Å². The number of thioether (sulfide) groups is 1. The SMILES string of the molecule is CN(CCC(=O)ONN)C1CCSC1. The van der Waals surface area contributed by atoms with Crippen LogP contribution in [0.1, 0.15) is 12.8 Å². The third-order valence-electron chi connectivity index (χ3n) is 2.37. The highest BCUT2D eigenvalue weighted by molar-refractivity contribution is 7.99. The summed E-state index contributed by atoms with van der Waals surface area (Å²) in [5.41, 5.74) is 1.89. The van der Waals surface area contributed by atoms with Crippen molar-refractivity contribution in [2.24, 2.45) is 5.84 Å². The van der Waals surface area contributed by atoms with Crippen LogP contribution >= 0.6 is 11.8 Å². The standard InChI is InChI=1S/C8H17N3O2S/c1-11(7-3-5-14-6-7)4-2-8(12)13-10-9/h7,10H,2-6,9H2,1H3. The van der Waals surface area contributed by atoms with Gasteiger partial charge in [0.1, 0.15) is 0 Å². The lowest BCUT2D eigenvalue weighted by atomic mass is 10.2. The van der Waals surface area contributed by atoms with Gasteiger partial charge in [-0.2, -0.15) is 11.8 Å². The van der Waals surface area contributed by atoms with Gasteiger partial charge in [0, 0.05) is 18.3 Å². The van der Waals surface area contributed by atoms with E-state index in [2.05, 4.69) is 9.74 Å². The number of hydrogen-bond donors (Lipinski definition) is 2. The summed E-state index contributed by atoms with van der Waals surface area (Å²) in [5, 5.41) is 0. The maximum Gasteiger partial charge on any atom is 0.327 e. The van der Waals surface area contributed by atoms with Gasteiger partial charge in [-0.1, -0.05) is 5.59 Å². The van der Waals surface area contributed by atoms with Crippen LogP contribution in [0.25, 0.3) is 0 Å². The maximum absolute atomic E-state index is 11.0. The molecule has 82 valence electrons. The van der Waals surface area contributed by atoms with Gasteiger partial charge in [0.25, 0.3) is 0 Å². The Labute approximate surface area is 88.3 Å². The fraction of sp³-hybridized carbons (Fsp3) is 0.875. The van der Waals surface area contributed by atoms with Gasteiger partial charge in [-0.25, -0.2) is 5.84 Å². The molecular formula is C8H17N3O2S. The largest absolute Gasteiger partial charge is 0.356 e. The molecule has 1 atom stereocenters. The molecule has 0 bridgehead atoms. The van der Waals surface area contributed by atoms with Gasteiger partial charge in [-0.3, -0.25) is 4.79 Å². The average Bonchev–Trinajstić information content (AvgIpc) is 2.67. The molecule has 0 saturated carbocycles. The fourth-order valence-electron chi connectivity index (χ4n) is 1.44. The van der Waals surface area contributed by atoms with Crippen molar-refractivity contribution in [2.75, 3.05) is 25.1 Å². The zero-order valence-corrected chi connectivity index (χ0v) is 9.18. The topological polar surface area (TPSA) is 67.6 Å². The molecule has 1 rings (SSSR count). The fourth-order valence-corrected chi connectivity index (χ4v) is 2.74. The van der Waals surface area contributed by atoms with E-state index in [1.807, 2.05) is 24.4 Å². The van der Waals surface area contributed by atoms with Gasteiger partial charge in [-0.15, -0.1) is 0 Å². The van der Waals surface area contributed by atoms with E-state index in [1.165, 1.54) is 17.9 Å². The van der Waals surface area contributed by atoms with E-state index in [0.29, 0.717) is 12.5 Å². The third kappa shape index (κ3) is 3.83. The normalized spacial score (nSPS) is 21.5. The Morgan fingerprint density at radius 3 is 3.14 bits per heavy atom. The van der Waals surface area contributed by atoms with Gasteiger partial charge < -0.3 is 9.74 Å². The summed E-state index contributed by atoms with van der Waals surface area (Å²) in [6, 6.07) is 0.610. The molecule has 0 aromatic carbocycles. The van der Waals surface area contributed by atoms with Crippen LogP contribution in [-0.2, 0) is 9.63 Å². The summed E-state index contributed by atoms with van der Waals surface area (Å²) in [7, 11) is 2.04. The predicted molar refractivity (Wildman–Crippen MR) is 56.4 cm³/mol. The van der Waals surface area contributed by atoms with Crippen molar-refractivity contribution >= 4 is 17.7 Å². The maximum atomic E-state index is 11.0. The highest BCUT2D eigenvalue weighted by Gasteiger charge is 2.20. The van der Waals surface area contributed by atoms with Crippen LogP contribution in [0.3, 0.4) is 0 Å². The number of nitrogens with one attached hydrogen (secondary N) is 1. The number of nitrogens with zero attached hydrogens (tertiary/aromatic N) is 1. The zero-order valence-electron chi connectivity index (χ0n) is 8.36. The molecule has 0 spiro atoms. The van der Waals surface area contributed by atoms with Gasteiger partial charge in [-0.05, 0) is 19.2 Å². The first-order chi connectivity index (χ1) is 6.74. The molecular weight excluding hydrogens is 202 g/mol. The minimum atomic E-state index is -0.315. The molecule has 1 aliphatic rings. The summed E-state index contributed by atoms with van der Waals surface area (Å²) < 4.78 is 0. The molecule has 0 aromatic heterocycles. The quantitative estimate of drug-likeness (QED) is 0.490. The van der Waals surface area contributed by atoms with E-state index >= 15 is 0 Å². The number of hydrazine groups is 1. The number of hydrogen-bond acceptors (Lipinski definition) is 6. The Morgan fingerprint density at radius 1 is 1.79 bits per heavy atom. The molecule has 0 amide bonds. The predicted octanol–water partition coefficient (Wildman–Crippen LogP) is -0.265. The van der Waals surface area contributed by atoms with E-state index in [1.54, 1.807) is 0 Å². The van der Waals surface area contributed by atoms with Gasteiger partial charge in [0.2, 0.25) is 0 Å². The van der Waals surface area contributed by atoms with Crippen molar-refractivity contribution in [3.8, 4) is 0 Å².